The van der Waals surface area contributed by atoms with E-state index in [1.54, 1.807) is 0 Å². The summed E-state index contributed by atoms with van der Waals surface area (Å²) in [5.74, 6) is -0.764. The van der Waals surface area contributed by atoms with Gasteiger partial charge in [-0.1, -0.05) is 40.2 Å². The van der Waals surface area contributed by atoms with Crippen molar-refractivity contribution in [3.63, 3.8) is 0 Å². The Bertz CT molecular complexity index is 678. The first kappa shape index (κ1) is 16.0. The molecule has 0 bridgehead atoms. The normalized spacial score (nSPS) is 18.0. The van der Waals surface area contributed by atoms with Gasteiger partial charge in [0, 0.05) is 35.0 Å². The Hall–Kier alpha value is -1.85. The number of anilines is 2. The van der Waals surface area contributed by atoms with Crippen LogP contribution >= 0.6 is 15.9 Å². The Morgan fingerprint density at radius 2 is 1.91 bits per heavy atom. The molecule has 4 nitrogen and oxygen atoms in total. The third kappa shape index (κ3) is 3.92. The van der Waals surface area contributed by atoms with Crippen LogP contribution in [0.4, 0.5) is 11.4 Å². The lowest BCUT2D eigenvalue weighted by Crippen LogP contribution is -2.35. The minimum atomic E-state index is -0.764. The van der Waals surface area contributed by atoms with Crippen LogP contribution in [-0.4, -0.2) is 41.7 Å². The highest BCUT2D eigenvalue weighted by Gasteiger charge is 2.29. The Morgan fingerprint density at radius 1 is 1.17 bits per heavy atom. The van der Waals surface area contributed by atoms with E-state index in [1.165, 1.54) is 0 Å². The molecule has 23 heavy (non-hydrogen) atoms. The van der Waals surface area contributed by atoms with Crippen LogP contribution in [0.15, 0.2) is 59.1 Å². The molecule has 2 aromatic rings. The van der Waals surface area contributed by atoms with E-state index in [2.05, 4.69) is 45.1 Å². The summed E-state index contributed by atoms with van der Waals surface area (Å²) in [4.78, 5) is 15.3. The largest absolute Gasteiger partial charge is 0.480 e. The van der Waals surface area contributed by atoms with Crippen molar-refractivity contribution in [1.29, 1.82) is 0 Å². The maximum Gasteiger partial charge on any atom is 0.317 e. The lowest BCUT2D eigenvalue weighted by atomic mass is 10.1. The van der Waals surface area contributed by atoms with Crippen LogP contribution in [0.5, 0.6) is 0 Å². The van der Waals surface area contributed by atoms with E-state index >= 15 is 0 Å². The lowest BCUT2D eigenvalue weighted by molar-refractivity contribution is -0.138. The summed E-state index contributed by atoms with van der Waals surface area (Å²) in [6, 6.07) is 18.8. The molecule has 1 saturated heterocycles. The summed E-state index contributed by atoms with van der Waals surface area (Å²) < 4.78 is 1.04. The highest BCUT2D eigenvalue weighted by atomic mass is 79.9. The number of hydrogen-bond acceptors (Lipinski definition) is 3. The van der Waals surface area contributed by atoms with E-state index in [4.69, 9.17) is 5.11 Å². The van der Waals surface area contributed by atoms with Crippen molar-refractivity contribution in [3.05, 3.63) is 59.1 Å². The molecule has 1 heterocycles. The van der Waals surface area contributed by atoms with E-state index < -0.39 is 5.97 Å². The fourth-order valence-corrected chi connectivity index (χ4v) is 3.53. The number of likely N-dealkylation sites (tertiary alicyclic amines) is 1. The molecule has 0 amide bonds. The number of nitrogens with zero attached hydrogens (tertiary/aromatic N) is 2. The van der Waals surface area contributed by atoms with Gasteiger partial charge in [0.2, 0.25) is 0 Å². The number of halogens is 1. The number of carboxylic acid groups (broad SMARTS) is 1. The van der Waals surface area contributed by atoms with Gasteiger partial charge < -0.3 is 10.0 Å². The highest BCUT2D eigenvalue weighted by molar-refractivity contribution is 9.10. The summed E-state index contributed by atoms with van der Waals surface area (Å²) in [5.41, 5.74) is 2.25. The molecule has 3 rings (SSSR count). The Kier molecular flexibility index (Phi) is 4.98. The van der Waals surface area contributed by atoms with Gasteiger partial charge in [0.1, 0.15) is 0 Å². The van der Waals surface area contributed by atoms with Gasteiger partial charge in [0.05, 0.1) is 6.54 Å². The van der Waals surface area contributed by atoms with E-state index in [0.29, 0.717) is 0 Å². The van der Waals surface area contributed by atoms with Gasteiger partial charge in [-0.2, -0.15) is 0 Å². The Morgan fingerprint density at radius 3 is 2.61 bits per heavy atom. The maximum absolute atomic E-state index is 11.0. The monoisotopic (exact) mass is 374 g/mol. The molecule has 120 valence electrons. The van der Waals surface area contributed by atoms with E-state index in [1.807, 2.05) is 35.2 Å². The fraction of sp³-hybridized carbons (Fsp3) is 0.278. The zero-order valence-corrected chi connectivity index (χ0v) is 14.3. The SMILES string of the molecule is O=C(O)CN1CCC(N(c2ccccc2)c2cccc(Br)c2)C1. The second kappa shape index (κ2) is 7.15. The van der Waals surface area contributed by atoms with Crippen molar-refractivity contribution in [2.24, 2.45) is 0 Å². The van der Waals surface area contributed by atoms with Crippen LogP contribution in [0.2, 0.25) is 0 Å². The molecule has 0 radical (unpaired) electrons. The van der Waals surface area contributed by atoms with Gasteiger partial charge in [-0.05, 0) is 36.8 Å². The molecule has 0 saturated carbocycles. The topological polar surface area (TPSA) is 43.8 Å². The summed E-state index contributed by atoms with van der Waals surface area (Å²) >= 11 is 3.54. The number of carboxylic acids is 1. The second-order valence-electron chi connectivity index (χ2n) is 5.76. The van der Waals surface area contributed by atoms with Crippen molar-refractivity contribution in [2.75, 3.05) is 24.5 Å². The van der Waals surface area contributed by atoms with Crippen molar-refractivity contribution in [3.8, 4) is 0 Å². The number of benzene rings is 2. The van der Waals surface area contributed by atoms with Crippen LogP contribution in [0.3, 0.4) is 0 Å². The van der Waals surface area contributed by atoms with Crippen LogP contribution in [0.25, 0.3) is 0 Å². The standard InChI is InChI=1S/C18H19BrN2O2/c19-14-5-4-8-16(11-14)21(15-6-2-1-3-7-15)17-9-10-20(12-17)13-18(22)23/h1-8,11,17H,9-10,12-13H2,(H,22,23). The minimum Gasteiger partial charge on any atom is -0.480 e. The molecule has 0 aromatic heterocycles. The molecule has 2 aromatic carbocycles. The first-order valence-electron chi connectivity index (χ1n) is 7.67. The highest BCUT2D eigenvalue weighted by Crippen LogP contribution is 2.32. The summed E-state index contributed by atoms with van der Waals surface area (Å²) in [6.07, 6.45) is 0.953. The van der Waals surface area contributed by atoms with Crippen LogP contribution in [-0.2, 0) is 4.79 Å². The van der Waals surface area contributed by atoms with Gasteiger partial charge in [0.25, 0.3) is 0 Å². The Labute approximate surface area is 144 Å². The van der Waals surface area contributed by atoms with E-state index in [-0.39, 0.29) is 12.6 Å². The van der Waals surface area contributed by atoms with Crippen LogP contribution in [0, 0.1) is 0 Å². The minimum absolute atomic E-state index is 0.109. The van der Waals surface area contributed by atoms with Gasteiger partial charge >= 0.3 is 5.97 Å². The number of para-hydroxylation sites is 1. The van der Waals surface area contributed by atoms with Gasteiger partial charge in [-0.15, -0.1) is 0 Å². The second-order valence-corrected chi connectivity index (χ2v) is 6.67. The van der Waals surface area contributed by atoms with Crippen LogP contribution < -0.4 is 4.90 Å². The lowest BCUT2D eigenvalue weighted by Gasteiger charge is -2.31. The summed E-state index contributed by atoms with van der Waals surface area (Å²) in [7, 11) is 0. The Balaban J connectivity index is 1.89. The molecule has 1 unspecified atom stereocenters. The average Bonchev–Trinajstić information content (AvgIpc) is 2.96. The maximum atomic E-state index is 11.0. The molecule has 0 aliphatic carbocycles. The number of aliphatic carboxylic acids is 1. The number of carbonyl (C=O) groups is 1. The van der Waals surface area contributed by atoms with E-state index in [9.17, 15) is 4.79 Å². The summed E-state index contributed by atoms with van der Waals surface area (Å²) in [5, 5.41) is 9.01. The zero-order chi connectivity index (χ0) is 16.2. The molecular weight excluding hydrogens is 356 g/mol. The van der Waals surface area contributed by atoms with Crippen molar-refractivity contribution in [1.82, 2.24) is 4.90 Å². The predicted molar refractivity (Wildman–Crippen MR) is 95.2 cm³/mol. The molecule has 1 N–H and O–H groups in total. The van der Waals surface area contributed by atoms with Crippen molar-refractivity contribution < 1.29 is 9.90 Å². The first-order valence-corrected chi connectivity index (χ1v) is 8.47. The van der Waals surface area contributed by atoms with Crippen LogP contribution in [0.1, 0.15) is 6.42 Å². The first-order chi connectivity index (χ1) is 11.1. The molecule has 5 heteroatoms. The smallest absolute Gasteiger partial charge is 0.317 e. The third-order valence-corrected chi connectivity index (χ3v) is 4.59. The molecule has 1 atom stereocenters. The van der Waals surface area contributed by atoms with Crippen molar-refractivity contribution in [2.45, 2.75) is 12.5 Å². The molecular formula is C18H19BrN2O2. The van der Waals surface area contributed by atoms with Gasteiger partial charge in [0.15, 0.2) is 0 Å². The molecule has 1 aliphatic heterocycles. The molecule has 1 fully saturated rings. The average molecular weight is 375 g/mol. The molecule has 0 spiro atoms. The van der Waals surface area contributed by atoms with Gasteiger partial charge in [-0.3, -0.25) is 9.69 Å². The number of rotatable bonds is 5. The fourth-order valence-electron chi connectivity index (χ4n) is 3.14. The summed E-state index contributed by atoms with van der Waals surface area (Å²) in [6.45, 7) is 1.68. The predicted octanol–water partition coefficient (Wildman–Crippen LogP) is 3.75. The molecule has 1 aliphatic rings. The van der Waals surface area contributed by atoms with Gasteiger partial charge in [-0.25, -0.2) is 0 Å². The van der Waals surface area contributed by atoms with Crippen molar-refractivity contribution >= 4 is 33.3 Å². The third-order valence-electron chi connectivity index (χ3n) is 4.09. The quantitative estimate of drug-likeness (QED) is 0.865. The number of hydrogen-bond donors (Lipinski definition) is 1. The zero-order valence-electron chi connectivity index (χ0n) is 12.7. The van der Waals surface area contributed by atoms with E-state index in [0.717, 1.165) is 35.4 Å².